The second-order valence-electron chi connectivity index (χ2n) is 12.7. The number of nitrogens with zero attached hydrogens (tertiary/aromatic N) is 2. The summed E-state index contributed by atoms with van der Waals surface area (Å²) >= 11 is 0. The quantitative estimate of drug-likeness (QED) is 0.537. The average molecular weight is 519 g/mol. The van der Waals surface area contributed by atoms with Crippen LogP contribution in [0.4, 0.5) is 0 Å². The van der Waals surface area contributed by atoms with Crippen LogP contribution in [0.1, 0.15) is 62.6 Å². The number of aromatic hydroxyl groups is 1. The molecule has 2 aromatic rings. The Labute approximate surface area is 224 Å². The number of piperidine rings is 1. The number of phenolic OH excluding ortho intramolecular Hbond substituents is 1. The first-order valence-electron chi connectivity index (χ1n) is 14.3. The van der Waals surface area contributed by atoms with Crippen molar-refractivity contribution in [3.8, 4) is 11.5 Å². The Morgan fingerprint density at radius 1 is 1.24 bits per heavy atom. The van der Waals surface area contributed by atoms with Gasteiger partial charge in [-0.1, -0.05) is 19.9 Å². The molecular formula is C31H38N2O5. The molecule has 202 valence electrons. The number of likely N-dealkylation sites (tertiary alicyclic amines) is 1. The molecule has 1 aromatic carbocycles. The lowest BCUT2D eigenvalue weighted by atomic mass is 9.48. The zero-order valence-corrected chi connectivity index (χ0v) is 22.3. The van der Waals surface area contributed by atoms with Gasteiger partial charge in [0.05, 0.1) is 29.6 Å². The fourth-order valence-electron chi connectivity index (χ4n) is 8.19. The Balaban J connectivity index is 1.30. The Hall–Kier alpha value is -2.77. The second-order valence-corrected chi connectivity index (χ2v) is 12.7. The maximum Gasteiger partial charge on any atom is 0.246 e. The lowest BCUT2D eigenvalue weighted by Gasteiger charge is -2.65. The van der Waals surface area contributed by atoms with E-state index in [1.165, 1.54) is 18.4 Å². The number of ether oxygens (including phenoxy) is 1. The minimum absolute atomic E-state index is 0.0297. The normalized spacial score (nSPS) is 33.4. The molecule has 3 fully saturated rings. The zero-order chi connectivity index (χ0) is 26.2. The molecular weight excluding hydrogens is 480 g/mol. The number of hydrogen-bond donors (Lipinski definition) is 2. The largest absolute Gasteiger partial charge is 0.504 e. The number of rotatable bonds is 7. The van der Waals surface area contributed by atoms with Crippen molar-refractivity contribution in [2.45, 2.75) is 81.6 Å². The van der Waals surface area contributed by atoms with Crippen LogP contribution in [0.3, 0.4) is 0 Å². The number of phenols is 1. The molecule has 1 aromatic heterocycles. The summed E-state index contributed by atoms with van der Waals surface area (Å²) in [5.74, 6) is 1.62. The van der Waals surface area contributed by atoms with Gasteiger partial charge in [-0.2, -0.15) is 0 Å². The fourth-order valence-corrected chi connectivity index (χ4v) is 8.19. The summed E-state index contributed by atoms with van der Waals surface area (Å²) in [6.45, 7) is 6.80. The Morgan fingerprint density at radius 2 is 2.08 bits per heavy atom. The zero-order valence-electron chi connectivity index (χ0n) is 22.3. The van der Waals surface area contributed by atoms with Crippen molar-refractivity contribution in [2.75, 3.05) is 19.6 Å². The van der Waals surface area contributed by atoms with Gasteiger partial charge in [-0.15, -0.1) is 0 Å². The molecule has 2 unspecified atom stereocenters. The average Bonchev–Trinajstić information content (AvgIpc) is 3.40. The summed E-state index contributed by atoms with van der Waals surface area (Å²) in [6.07, 6.45) is 11.6. The molecule has 0 radical (unpaired) electrons. The van der Waals surface area contributed by atoms with E-state index >= 15 is 0 Å². The monoisotopic (exact) mass is 518 g/mol. The van der Waals surface area contributed by atoms with Gasteiger partial charge < -0.3 is 24.3 Å². The van der Waals surface area contributed by atoms with Gasteiger partial charge in [0, 0.05) is 36.3 Å². The van der Waals surface area contributed by atoms with Gasteiger partial charge in [0.1, 0.15) is 6.10 Å². The summed E-state index contributed by atoms with van der Waals surface area (Å²) in [6, 6.07) is 5.43. The van der Waals surface area contributed by atoms with E-state index in [1.807, 2.05) is 17.0 Å². The van der Waals surface area contributed by atoms with Crippen LogP contribution >= 0.6 is 0 Å². The molecule has 2 N–H and O–H groups in total. The highest BCUT2D eigenvalue weighted by atomic mass is 16.5. The van der Waals surface area contributed by atoms with Crippen molar-refractivity contribution in [2.24, 2.45) is 11.8 Å². The van der Waals surface area contributed by atoms with Gasteiger partial charge in [0.25, 0.3) is 0 Å². The molecule has 3 heterocycles. The predicted molar refractivity (Wildman–Crippen MR) is 143 cm³/mol. The number of carbonyl (C=O) groups excluding carboxylic acids is 1. The maximum atomic E-state index is 13.7. The van der Waals surface area contributed by atoms with Crippen molar-refractivity contribution < 1.29 is 24.2 Å². The van der Waals surface area contributed by atoms with E-state index in [9.17, 15) is 15.0 Å². The number of hydrogen-bond acceptors (Lipinski definition) is 6. The van der Waals surface area contributed by atoms with Crippen LogP contribution in [-0.4, -0.2) is 69.3 Å². The van der Waals surface area contributed by atoms with E-state index in [-0.39, 0.29) is 29.7 Å². The van der Waals surface area contributed by atoms with E-state index in [0.29, 0.717) is 25.1 Å². The highest BCUT2D eigenvalue weighted by molar-refractivity contribution is 5.92. The lowest BCUT2D eigenvalue weighted by Crippen LogP contribution is -2.78. The lowest BCUT2D eigenvalue weighted by molar-refractivity contribution is -0.201. The molecule has 1 amide bonds. The third-order valence-corrected chi connectivity index (χ3v) is 9.94. The minimum Gasteiger partial charge on any atom is -0.504 e. The van der Waals surface area contributed by atoms with Gasteiger partial charge in [0.15, 0.2) is 11.5 Å². The molecule has 7 rings (SSSR count). The Morgan fingerprint density at radius 3 is 2.82 bits per heavy atom. The first-order chi connectivity index (χ1) is 18.3. The summed E-state index contributed by atoms with van der Waals surface area (Å²) in [5.41, 5.74) is 1.44. The van der Waals surface area contributed by atoms with Crippen molar-refractivity contribution >= 4 is 12.0 Å². The van der Waals surface area contributed by atoms with Crippen LogP contribution < -0.4 is 4.74 Å². The van der Waals surface area contributed by atoms with E-state index in [2.05, 4.69) is 18.7 Å². The van der Waals surface area contributed by atoms with Crippen LogP contribution in [0, 0.1) is 11.8 Å². The predicted octanol–water partition coefficient (Wildman–Crippen LogP) is 4.12. The van der Waals surface area contributed by atoms with E-state index in [1.54, 1.807) is 30.7 Å². The molecule has 5 aliphatic rings. The van der Waals surface area contributed by atoms with E-state index < -0.39 is 17.1 Å². The van der Waals surface area contributed by atoms with Gasteiger partial charge in [-0.05, 0) is 80.7 Å². The molecule has 5 atom stereocenters. The van der Waals surface area contributed by atoms with Crippen molar-refractivity contribution in [3.05, 3.63) is 53.5 Å². The SMILES string of the molecule is CC(C)CN(C(=O)/C=C/c1ccoc1)C1CC[C@@]2(O)[C@H]3Cc4ccc(O)c5c4[C@@]2(CCN3CC2CC2)C1O5. The van der Waals surface area contributed by atoms with Crippen LogP contribution in [0.2, 0.25) is 0 Å². The summed E-state index contributed by atoms with van der Waals surface area (Å²) in [5, 5.41) is 23.6. The summed E-state index contributed by atoms with van der Waals surface area (Å²) in [4.78, 5) is 18.2. The summed E-state index contributed by atoms with van der Waals surface area (Å²) in [7, 11) is 0. The topological polar surface area (TPSA) is 86.4 Å². The molecule has 7 heteroatoms. The number of aliphatic hydroxyl groups is 1. The smallest absolute Gasteiger partial charge is 0.246 e. The van der Waals surface area contributed by atoms with Crippen LogP contribution in [-0.2, 0) is 16.6 Å². The first kappa shape index (κ1) is 24.3. The fraction of sp³-hybridized carbons (Fsp3) is 0.581. The van der Waals surface area contributed by atoms with Gasteiger partial charge in [-0.3, -0.25) is 9.69 Å². The van der Waals surface area contributed by atoms with Crippen molar-refractivity contribution in [3.63, 3.8) is 0 Å². The Bertz CT molecular complexity index is 1270. The molecule has 1 spiro atoms. The molecule has 38 heavy (non-hydrogen) atoms. The molecule has 2 bridgehead atoms. The van der Waals surface area contributed by atoms with Crippen LogP contribution in [0.15, 0.2) is 41.2 Å². The summed E-state index contributed by atoms with van der Waals surface area (Å²) < 4.78 is 11.9. The molecule has 7 nitrogen and oxygen atoms in total. The van der Waals surface area contributed by atoms with E-state index in [0.717, 1.165) is 43.0 Å². The number of carbonyl (C=O) groups is 1. The van der Waals surface area contributed by atoms with Crippen LogP contribution in [0.5, 0.6) is 11.5 Å². The number of benzene rings is 1. The molecule has 2 saturated carbocycles. The highest BCUT2D eigenvalue weighted by Gasteiger charge is 2.73. The van der Waals surface area contributed by atoms with Crippen molar-refractivity contribution in [1.82, 2.24) is 9.80 Å². The highest BCUT2D eigenvalue weighted by Crippen LogP contribution is 2.66. The Kier molecular flexibility index (Phi) is 5.51. The van der Waals surface area contributed by atoms with E-state index in [4.69, 9.17) is 9.15 Å². The maximum absolute atomic E-state index is 13.7. The van der Waals surface area contributed by atoms with Crippen molar-refractivity contribution in [1.29, 1.82) is 0 Å². The number of furan rings is 1. The number of amides is 1. The van der Waals surface area contributed by atoms with Crippen LogP contribution in [0.25, 0.3) is 6.08 Å². The second kappa shape index (κ2) is 8.62. The van der Waals surface area contributed by atoms with Gasteiger partial charge >= 0.3 is 0 Å². The first-order valence-corrected chi connectivity index (χ1v) is 14.3. The minimum atomic E-state index is -0.952. The standard InChI is InChI=1S/C31H38N2O5/c1-19(2)16-33(26(35)8-5-21-10-14-37-18-21)23-9-11-31(36)25-15-22-6-7-24(34)28-27(22)30(31,29(23)38-28)12-13-32(25)17-20-3-4-20/h5-8,10,14,18-20,23,25,29,34,36H,3-4,9,11-13,15-17H2,1-2H3/b8-5+/t23?,25-,29?,30+,31-/m1/s1. The van der Waals surface area contributed by atoms with Gasteiger partial charge in [0.2, 0.25) is 5.91 Å². The van der Waals surface area contributed by atoms with Gasteiger partial charge in [-0.25, -0.2) is 0 Å². The molecule has 3 aliphatic carbocycles. The molecule has 1 saturated heterocycles. The third-order valence-electron chi connectivity index (χ3n) is 9.94. The third kappa shape index (κ3) is 3.44. The molecule has 2 aliphatic heterocycles.